The number of sulfonamides is 1. The highest BCUT2D eigenvalue weighted by Gasteiger charge is 2.07. The molecule has 1 amide bonds. The van der Waals surface area contributed by atoms with Crippen LogP contribution in [0.2, 0.25) is 0 Å². The van der Waals surface area contributed by atoms with Crippen LogP contribution in [-0.4, -0.2) is 32.0 Å². The van der Waals surface area contributed by atoms with Crippen LogP contribution in [0.15, 0.2) is 41.3 Å². The molecule has 0 bridgehead atoms. The number of thiocarbonyl (C=S) groups is 1. The molecule has 23 heavy (non-hydrogen) atoms. The number of carbonyl (C=O) groups is 2. The molecule has 0 fully saturated rings. The minimum absolute atomic E-state index is 0.0214. The number of esters is 1. The van der Waals surface area contributed by atoms with E-state index in [1.54, 1.807) is 6.92 Å². The van der Waals surface area contributed by atoms with Gasteiger partial charge in [0.2, 0.25) is 15.9 Å². The van der Waals surface area contributed by atoms with Crippen molar-refractivity contribution in [2.75, 3.05) is 11.9 Å². The number of benzene rings is 1. The van der Waals surface area contributed by atoms with Crippen molar-refractivity contribution in [3.05, 3.63) is 36.4 Å². The number of hydrogen-bond donors (Lipinski definition) is 3. The standard InChI is InChI=1S/C13H15N3O5S2/c1-2-21-12(18)8-7-11(17)16-13(22)15-9-3-5-10(6-4-9)23(14,19)20/h3-8H,2H2,1H3,(H2,14,19,20)(H2,15,16,17,22)/b8-7+. The number of hydrogen-bond acceptors (Lipinski definition) is 6. The molecule has 0 aromatic heterocycles. The Kier molecular flexibility index (Phi) is 6.82. The first-order valence-corrected chi connectivity index (χ1v) is 8.27. The van der Waals surface area contributed by atoms with E-state index in [-0.39, 0.29) is 16.6 Å². The van der Waals surface area contributed by atoms with Crippen LogP contribution in [0.4, 0.5) is 5.69 Å². The van der Waals surface area contributed by atoms with Gasteiger partial charge in [-0.2, -0.15) is 0 Å². The van der Waals surface area contributed by atoms with Crippen LogP contribution in [0, 0.1) is 0 Å². The molecule has 4 N–H and O–H groups in total. The van der Waals surface area contributed by atoms with E-state index < -0.39 is 21.9 Å². The molecule has 0 spiro atoms. The molecule has 0 aliphatic heterocycles. The second-order valence-electron chi connectivity index (χ2n) is 4.10. The molecule has 0 atom stereocenters. The van der Waals surface area contributed by atoms with Crippen molar-refractivity contribution in [1.29, 1.82) is 0 Å². The summed E-state index contributed by atoms with van der Waals surface area (Å²) >= 11 is 4.91. The number of carbonyl (C=O) groups excluding carboxylic acids is 2. The van der Waals surface area contributed by atoms with Gasteiger partial charge in [-0.05, 0) is 43.4 Å². The smallest absolute Gasteiger partial charge is 0.330 e. The Morgan fingerprint density at radius 1 is 1.26 bits per heavy atom. The van der Waals surface area contributed by atoms with Gasteiger partial charge in [-0.15, -0.1) is 0 Å². The molecule has 0 aliphatic carbocycles. The fourth-order valence-electron chi connectivity index (χ4n) is 1.38. The zero-order valence-electron chi connectivity index (χ0n) is 12.1. The predicted octanol–water partition coefficient (Wildman–Crippen LogP) is 0.266. The number of ether oxygens (including phenoxy) is 1. The number of nitrogens with two attached hydrogens (primary N) is 1. The lowest BCUT2D eigenvalue weighted by Gasteiger charge is -2.08. The maximum atomic E-state index is 11.5. The van der Waals surface area contributed by atoms with Crippen LogP contribution >= 0.6 is 12.2 Å². The summed E-state index contributed by atoms with van der Waals surface area (Å²) in [5.74, 6) is -1.25. The van der Waals surface area contributed by atoms with Gasteiger partial charge in [-0.25, -0.2) is 18.4 Å². The third-order valence-corrected chi connectivity index (χ3v) is 3.47. The molecule has 8 nitrogen and oxygen atoms in total. The van der Waals surface area contributed by atoms with Crippen molar-refractivity contribution in [2.24, 2.45) is 5.14 Å². The summed E-state index contributed by atoms with van der Waals surface area (Å²) in [6, 6.07) is 5.46. The molecule has 124 valence electrons. The van der Waals surface area contributed by atoms with E-state index in [4.69, 9.17) is 17.4 Å². The van der Waals surface area contributed by atoms with Gasteiger partial charge in [-0.1, -0.05) is 0 Å². The Hall–Kier alpha value is -2.30. The highest BCUT2D eigenvalue weighted by Crippen LogP contribution is 2.12. The largest absolute Gasteiger partial charge is 0.463 e. The van der Waals surface area contributed by atoms with Gasteiger partial charge in [0.05, 0.1) is 11.5 Å². The minimum Gasteiger partial charge on any atom is -0.463 e. The van der Waals surface area contributed by atoms with E-state index in [0.29, 0.717) is 5.69 Å². The molecule has 0 radical (unpaired) electrons. The van der Waals surface area contributed by atoms with Gasteiger partial charge in [0.15, 0.2) is 5.11 Å². The van der Waals surface area contributed by atoms with E-state index in [1.165, 1.54) is 24.3 Å². The van der Waals surface area contributed by atoms with Gasteiger partial charge < -0.3 is 10.1 Å². The van der Waals surface area contributed by atoms with Crippen LogP contribution < -0.4 is 15.8 Å². The molecular weight excluding hydrogens is 342 g/mol. The predicted molar refractivity (Wildman–Crippen MR) is 88.0 cm³/mol. The summed E-state index contributed by atoms with van der Waals surface area (Å²) in [4.78, 5) is 22.5. The first-order valence-electron chi connectivity index (χ1n) is 6.32. The van der Waals surface area contributed by atoms with Crippen molar-refractivity contribution >= 4 is 44.9 Å². The zero-order chi connectivity index (χ0) is 17.5. The summed E-state index contributed by atoms with van der Waals surface area (Å²) in [6.07, 6.45) is 1.96. The fourth-order valence-corrected chi connectivity index (χ4v) is 2.11. The SMILES string of the molecule is CCOC(=O)/C=C/C(=O)NC(=S)Nc1ccc(S(N)(=O)=O)cc1. The Morgan fingerprint density at radius 3 is 2.39 bits per heavy atom. The van der Waals surface area contributed by atoms with Gasteiger partial charge >= 0.3 is 5.97 Å². The number of anilines is 1. The number of nitrogens with one attached hydrogen (secondary N) is 2. The van der Waals surface area contributed by atoms with Gasteiger partial charge in [0.25, 0.3) is 0 Å². The number of rotatable bonds is 5. The Balaban J connectivity index is 2.57. The number of amides is 1. The summed E-state index contributed by atoms with van der Waals surface area (Å²) < 4.78 is 26.8. The van der Waals surface area contributed by atoms with Crippen LogP contribution in [0.25, 0.3) is 0 Å². The highest BCUT2D eigenvalue weighted by molar-refractivity contribution is 7.89. The zero-order valence-corrected chi connectivity index (χ0v) is 13.7. The Morgan fingerprint density at radius 2 is 1.87 bits per heavy atom. The third kappa shape index (κ3) is 7.00. The quantitative estimate of drug-likeness (QED) is 0.392. The summed E-state index contributed by atoms with van der Waals surface area (Å²) in [5, 5.41) is 9.95. The van der Waals surface area contributed by atoms with Crippen LogP contribution in [-0.2, 0) is 24.3 Å². The monoisotopic (exact) mass is 357 g/mol. The van der Waals surface area contributed by atoms with Gasteiger partial charge in [0.1, 0.15) is 0 Å². The molecule has 0 saturated heterocycles. The fraction of sp³-hybridized carbons (Fsp3) is 0.154. The van der Waals surface area contributed by atoms with Gasteiger partial charge in [-0.3, -0.25) is 10.1 Å². The molecule has 0 unspecified atom stereocenters. The molecule has 0 heterocycles. The second-order valence-corrected chi connectivity index (χ2v) is 6.07. The lowest BCUT2D eigenvalue weighted by Crippen LogP contribution is -2.33. The third-order valence-electron chi connectivity index (χ3n) is 2.33. The first kappa shape index (κ1) is 18.7. The number of primary sulfonamides is 1. The lowest BCUT2D eigenvalue weighted by molar-refractivity contribution is -0.137. The summed E-state index contributed by atoms with van der Waals surface area (Å²) in [7, 11) is -3.77. The van der Waals surface area contributed by atoms with Crippen molar-refractivity contribution in [3.8, 4) is 0 Å². The van der Waals surface area contributed by atoms with E-state index >= 15 is 0 Å². The maximum Gasteiger partial charge on any atom is 0.330 e. The summed E-state index contributed by atoms with van der Waals surface area (Å²) in [5.41, 5.74) is 0.456. The lowest BCUT2D eigenvalue weighted by atomic mass is 10.3. The van der Waals surface area contributed by atoms with Crippen LogP contribution in [0.5, 0.6) is 0 Å². The first-order chi connectivity index (χ1) is 10.7. The van der Waals surface area contributed by atoms with E-state index in [0.717, 1.165) is 12.2 Å². The Bertz CT molecular complexity index is 726. The van der Waals surface area contributed by atoms with Crippen molar-refractivity contribution in [1.82, 2.24) is 5.32 Å². The Labute approximate surface area is 138 Å². The molecule has 1 aromatic carbocycles. The summed E-state index contributed by atoms with van der Waals surface area (Å²) in [6.45, 7) is 1.85. The molecule has 1 aromatic rings. The molecular formula is C13H15N3O5S2. The van der Waals surface area contributed by atoms with E-state index in [9.17, 15) is 18.0 Å². The average molecular weight is 357 g/mol. The van der Waals surface area contributed by atoms with Crippen LogP contribution in [0.1, 0.15) is 6.92 Å². The molecule has 10 heteroatoms. The molecule has 0 saturated carbocycles. The maximum absolute atomic E-state index is 11.5. The van der Waals surface area contributed by atoms with Crippen molar-refractivity contribution in [2.45, 2.75) is 11.8 Å². The van der Waals surface area contributed by atoms with Gasteiger partial charge in [0, 0.05) is 17.8 Å². The van der Waals surface area contributed by atoms with E-state index in [2.05, 4.69) is 15.4 Å². The highest BCUT2D eigenvalue weighted by atomic mass is 32.2. The van der Waals surface area contributed by atoms with Crippen molar-refractivity contribution in [3.63, 3.8) is 0 Å². The topological polar surface area (TPSA) is 128 Å². The molecule has 0 aliphatic rings. The van der Waals surface area contributed by atoms with Crippen LogP contribution in [0.3, 0.4) is 0 Å². The average Bonchev–Trinajstić information content (AvgIpc) is 2.45. The van der Waals surface area contributed by atoms with Crippen molar-refractivity contribution < 1.29 is 22.7 Å². The molecule has 1 rings (SSSR count). The second kappa shape index (κ2) is 8.36. The normalized spacial score (nSPS) is 11.0. The minimum atomic E-state index is -3.77. The van der Waals surface area contributed by atoms with E-state index in [1.807, 2.05) is 0 Å².